The van der Waals surface area contributed by atoms with E-state index in [1.807, 2.05) is 37.3 Å². The molecule has 1 heterocycles. The summed E-state index contributed by atoms with van der Waals surface area (Å²) in [5.74, 6) is 0.576. The molecule has 0 spiro atoms. The first kappa shape index (κ1) is 21.7. The van der Waals surface area contributed by atoms with Crippen molar-refractivity contribution in [2.75, 3.05) is 26.4 Å². The Morgan fingerprint density at radius 1 is 1.07 bits per heavy atom. The van der Waals surface area contributed by atoms with E-state index in [0.717, 1.165) is 5.56 Å². The zero-order chi connectivity index (χ0) is 20.9. The molecule has 0 bridgehead atoms. The molecule has 0 saturated carbocycles. The number of rotatable bonds is 9. The van der Waals surface area contributed by atoms with Crippen LogP contribution in [0.1, 0.15) is 18.9 Å². The van der Waals surface area contributed by atoms with Crippen molar-refractivity contribution >= 4 is 10.0 Å². The molecule has 2 N–H and O–H groups in total. The second kappa shape index (κ2) is 9.23. The van der Waals surface area contributed by atoms with Crippen molar-refractivity contribution in [1.29, 1.82) is 0 Å². The zero-order valence-corrected chi connectivity index (χ0v) is 17.2. The maximum absolute atomic E-state index is 13.3. The predicted molar refractivity (Wildman–Crippen MR) is 108 cm³/mol. The molecule has 0 unspecified atom stereocenters. The lowest BCUT2D eigenvalue weighted by molar-refractivity contribution is 0.0334. The van der Waals surface area contributed by atoms with Crippen LogP contribution in [0.25, 0.3) is 0 Å². The van der Waals surface area contributed by atoms with Crippen molar-refractivity contribution < 1.29 is 28.1 Å². The quantitative estimate of drug-likeness (QED) is 0.641. The Kier molecular flexibility index (Phi) is 6.92. The molecule has 158 valence electrons. The highest BCUT2D eigenvalue weighted by molar-refractivity contribution is 7.89. The van der Waals surface area contributed by atoms with Gasteiger partial charge in [0.25, 0.3) is 0 Å². The summed E-state index contributed by atoms with van der Waals surface area (Å²) in [4.78, 5) is 0.0796. The van der Waals surface area contributed by atoms with Gasteiger partial charge in [0.15, 0.2) is 0 Å². The van der Waals surface area contributed by atoms with Gasteiger partial charge in [0.05, 0.1) is 43.0 Å². The van der Waals surface area contributed by atoms with Crippen molar-refractivity contribution in [2.45, 2.75) is 36.5 Å². The summed E-state index contributed by atoms with van der Waals surface area (Å²) < 4.78 is 39.0. The SMILES string of the molecule is CCOc1ccc(S(=O)(=O)N2C[C@@H](OCc3ccccc3)CC2(CO)CO)cc1. The number of aliphatic hydroxyl groups excluding tert-OH is 2. The molecular formula is C21H27NO6S. The number of benzene rings is 2. The highest BCUT2D eigenvalue weighted by Gasteiger charge is 2.51. The summed E-state index contributed by atoms with van der Waals surface area (Å²) in [5, 5.41) is 19.9. The maximum atomic E-state index is 13.3. The largest absolute Gasteiger partial charge is 0.494 e. The van der Waals surface area contributed by atoms with Gasteiger partial charge in [0.2, 0.25) is 10.0 Å². The molecular weight excluding hydrogens is 394 g/mol. The summed E-state index contributed by atoms with van der Waals surface area (Å²) in [6.45, 7) is 1.73. The van der Waals surface area contributed by atoms with Crippen LogP contribution >= 0.6 is 0 Å². The molecule has 1 fully saturated rings. The molecule has 7 nitrogen and oxygen atoms in total. The number of aliphatic hydroxyl groups is 2. The molecule has 3 rings (SSSR count). The highest BCUT2D eigenvalue weighted by atomic mass is 32.2. The van der Waals surface area contributed by atoms with Gasteiger partial charge < -0.3 is 19.7 Å². The van der Waals surface area contributed by atoms with Crippen molar-refractivity contribution in [3.8, 4) is 5.75 Å². The molecule has 0 aromatic heterocycles. The van der Waals surface area contributed by atoms with E-state index in [0.29, 0.717) is 19.0 Å². The lowest BCUT2D eigenvalue weighted by Crippen LogP contribution is -2.52. The van der Waals surface area contributed by atoms with Crippen molar-refractivity contribution in [2.24, 2.45) is 0 Å². The summed E-state index contributed by atoms with van der Waals surface area (Å²) in [7, 11) is -3.94. The third kappa shape index (κ3) is 4.62. The Morgan fingerprint density at radius 3 is 2.31 bits per heavy atom. The number of sulfonamides is 1. The van der Waals surface area contributed by atoms with Gasteiger partial charge in [0, 0.05) is 6.54 Å². The van der Waals surface area contributed by atoms with Crippen LogP contribution in [0.5, 0.6) is 5.75 Å². The Hall–Kier alpha value is -1.97. The first-order valence-electron chi connectivity index (χ1n) is 9.58. The van der Waals surface area contributed by atoms with Gasteiger partial charge in [-0.15, -0.1) is 0 Å². The molecule has 8 heteroatoms. The van der Waals surface area contributed by atoms with Crippen LogP contribution in [-0.4, -0.2) is 60.9 Å². The number of hydrogen-bond donors (Lipinski definition) is 2. The molecule has 2 aromatic rings. The van der Waals surface area contributed by atoms with E-state index in [1.54, 1.807) is 12.1 Å². The lowest BCUT2D eigenvalue weighted by atomic mass is 9.99. The first-order valence-corrected chi connectivity index (χ1v) is 11.0. The van der Waals surface area contributed by atoms with Crippen LogP contribution in [0.15, 0.2) is 59.5 Å². The molecule has 2 aromatic carbocycles. The van der Waals surface area contributed by atoms with Gasteiger partial charge >= 0.3 is 0 Å². The van der Waals surface area contributed by atoms with Crippen molar-refractivity contribution in [3.63, 3.8) is 0 Å². The van der Waals surface area contributed by atoms with Gasteiger partial charge in [-0.05, 0) is 43.2 Å². The normalized spacial score (nSPS) is 19.3. The number of nitrogens with zero attached hydrogens (tertiary/aromatic N) is 1. The lowest BCUT2D eigenvalue weighted by Gasteiger charge is -2.33. The summed E-state index contributed by atoms with van der Waals surface area (Å²) in [6, 6.07) is 15.7. The number of hydrogen-bond acceptors (Lipinski definition) is 6. The molecule has 1 aliphatic heterocycles. The van der Waals surface area contributed by atoms with Crippen LogP contribution in [0, 0.1) is 0 Å². The van der Waals surface area contributed by atoms with E-state index in [-0.39, 0.29) is 17.9 Å². The van der Waals surface area contributed by atoms with Crippen LogP contribution in [0.2, 0.25) is 0 Å². The van der Waals surface area contributed by atoms with Gasteiger partial charge in [-0.3, -0.25) is 0 Å². The van der Waals surface area contributed by atoms with Crippen molar-refractivity contribution in [1.82, 2.24) is 4.31 Å². The van der Waals surface area contributed by atoms with E-state index in [1.165, 1.54) is 16.4 Å². The Bertz CT molecular complexity index is 881. The van der Waals surface area contributed by atoms with Crippen LogP contribution in [-0.2, 0) is 21.4 Å². The maximum Gasteiger partial charge on any atom is 0.243 e. The Morgan fingerprint density at radius 2 is 1.72 bits per heavy atom. The molecule has 0 amide bonds. The van der Waals surface area contributed by atoms with Gasteiger partial charge in [-0.1, -0.05) is 30.3 Å². The fourth-order valence-electron chi connectivity index (χ4n) is 3.56. The van der Waals surface area contributed by atoms with E-state index >= 15 is 0 Å². The van der Waals surface area contributed by atoms with Crippen LogP contribution < -0.4 is 4.74 Å². The summed E-state index contributed by atoms with van der Waals surface area (Å²) in [5.41, 5.74) is -0.336. The Balaban J connectivity index is 1.81. The fourth-order valence-corrected chi connectivity index (χ4v) is 5.36. The molecule has 29 heavy (non-hydrogen) atoms. The molecule has 1 aliphatic rings. The third-order valence-electron chi connectivity index (χ3n) is 5.15. The minimum absolute atomic E-state index is 0.0590. The van der Waals surface area contributed by atoms with E-state index in [4.69, 9.17) is 9.47 Å². The predicted octanol–water partition coefficient (Wildman–Crippen LogP) is 1.79. The fraction of sp³-hybridized carbons (Fsp3) is 0.429. The van der Waals surface area contributed by atoms with Gasteiger partial charge in [-0.2, -0.15) is 4.31 Å². The summed E-state index contributed by atoms with van der Waals surface area (Å²) >= 11 is 0. The van der Waals surface area contributed by atoms with E-state index in [9.17, 15) is 18.6 Å². The van der Waals surface area contributed by atoms with E-state index in [2.05, 4.69) is 0 Å². The van der Waals surface area contributed by atoms with Crippen molar-refractivity contribution in [3.05, 3.63) is 60.2 Å². The highest BCUT2D eigenvalue weighted by Crippen LogP contribution is 2.36. The first-order chi connectivity index (χ1) is 13.9. The monoisotopic (exact) mass is 421 g/mol. The average molecular weight is 422 g/mol. The molecule has 1 atom stereocenters. The second-order valence-corrected chi connectivity index (χ2v) is 8.97. The van der Waals surface area contributed by atoms with Gasteiger partial charge in [-0.25, -0.2) is 8.42 Å². The van der Waals surface area contributed by atoms with E-state index < -0.39 is 34.9 Å². The van der Waals surface area contributed by atoms with Crippen LogP contribution in [0.4, 0.5) is 0 Å². The molecule has 0 aliphatic carbocycles. The standard InChI is InChI=1S/C21H27NO6S/c1-2-27-18-8-10-20(11-9-18)29(25,26)22-13-19(12-21(22,15-23)16-24)28-14-17-6-4-3-5-7-17/h3-11,19,23-24H,2,12-16H2,1H3/t19-/m0/s1. The van der Waals surface area contributed by atoms with Crippen LogP contribution in [0.3, 0.4) is 0 Å². The topological polar surface area (TPSA) is 96.3 Å². The third-order valence-corrected chi connectivity index (χ3v) is 7.13. The smallest absolute Gasteiger partial charge is 0.243 e. The zero-order valence-electron chi connectivity index (χ0n) is 16.4. The second-order valence-electron chi connectivity index (χ2n) is 7.10. The Labute approximate surface area is 171 Å². The number of ether oxygens (including phenoxy) is 2. The minimum atomic E-state index is -3.94. The minimum Gasteiger partial charge on any atom is -0.494 e. The summed E-state index contributed by atoms with van der Waals surface area (Å²) in [6.07, 6.45) is -0.227. The molecule has 1 saturated heterocycles. The molecule has 0 radical (unpaired) electrons. The van der Waals surface area contributed by atoms with Gasteiger partial charge in [0.1, 0.15) is 5.75 Å². The average Bonchev–Trinajstić information content (AvgIpc) is 3.14.